The molecule has 1 aliphatic rings. The summed E-state index contributed by atoms with van der Waals surface area (Å²) in [6.07, 6.45) is 6.79. The van der Waals surface area contributed by atoms with Gasteiger partial charge in [-0.05, 0) is 31.2 Å². The lowest BCUT2D eigenvalue weighted by atomic mass is 10.2. The maximum atomic E-state index is 5.94. The van der Waals surface area contributed by atoms with Crippen molar-refractivity contribution < 1.29 is 0 Å². The molecule has 1 fully saturated rings. The number of aromatic nitrogens is 1. The molecule has 7 heteroatoms. The van der Waals surface area contributed by atoms with Crippen molar-refractivity contribution >= 4 is 35.8 Å². The molecule has 1 aromatic rings. The molecule has 0 aliphatic carbocycles. The molecule has 2 rings (SSSR count). The van der Waals surface area contributed by atoms with Crippen LogP contribution in [-0.2, 0) is 6.54 Å². The van der Waals surface area contributed by atoms with Crippen LogP contribution < -0.4 is 16.0 Å². The zero-order valence-electron chi connectivity index (χ0n) is 15.6. The van der Waals surface area contributed by atoms with Crippen LogP contribution >= 0.6 is 24.0 Å². The number of anilines is 1. The van der Waals surface area contributed by atoms with Crippen LogP contribution in [-0.4, -0.2) is 55.6 Å². The van der Waals surface area contributed by atoms with Gasteiger partial charge in [-0.2, -0.15) is 0 Å². The van der Waals surface area contributed by atoms with Crippen molar-refractivity contribution in [1.82, 2.24) is 15.2 Å². The van der Waals surface area contributed by atoms with Crippen LogP contribution in [0.2, 0.25) is 0 Å². The highest BCUT2D eigenvalue weighted by atomic mass is 127. The molecule has 6 nitrogen and oxygen atoms in total. The molecule has 0 saturated carbocycles. The minimum Gasteiger partial charge on any atom is -0.370 e. The van der Waals surface area contributed by atoms with E-state index in [9.17, 15) is 0 Å². The van der Waals surface area contributed by atoms with Gasteiger partial charge in [0.05, 0.1) is 6.54 Å². The van der Waals surface area contributed by atoms with Crippen LogP contribution in [0.5, 0.6) is 0 Å². The Balaban J connectivity index is 0.00000312. The second-order valence-corrected chi connectivity index (χ2v) is 6.50. The van der Waals surface area contributed by atoms with Crippen LogP contribution in [0, 0.1) is 0 Å². The molecule has 0 amide bonds. The summed E-state index contributed by atoms with van der Waals surface area (Å²) in [4.78, 5) is 13.6. The van der Waals surface area contributed by atoms with Crippen molar-refractivity contribution in [2.75, 3.05) is 44.7 Å². The zero-order valence-corrected chi connectivity index (χ0v) is 17.9. The fourth-order valence-corrected chi connectivity index (χ4v) is 2.77. The largest absolute Gasteiger partial charge is 0.370 e. The van der Waals surface area contributed by atoms with Crippen molar-refractivity contribution in [1.29, 1.82) is 0 Å². The number of hydrogen-bond donors (Lipinski definition) is 2. The molecule has 142 valence electrons. The first kappa shape index (κ1) is 22.0. The van der Waals surface area contributed by atoms with Crippen LogP contribution in [0.25, 0.3) is 0 Å². The van der Waals surface area contributed by atoms with Gasteiger partial charge in [0.25, 0.3) is 0 Å². The van der Waals surface area contributed by atoms with Gasteiger partial charge in [0.1, 0.15) is 5.82 Å². The molecule has 0 aromatic carbocycles. The Morgan fingerprint density at radius 2 is 2.00 bits per heavy atom. The molecule has 0 atom stereocenters. The predicted octanol–water partition coefficient (Wildman–Crippen LogP) is 2.44. The quantitative estimate of drug-likeness (QED) is 0.270. The number of halogens is 1. The van der Waals surface area contributed by atoms with Gasteiger partial charge in [-0.1, -0.05) is 26.2 Å². The van der Waals surface area contributed by atoms with Crippen molar-refractivity contribution in [2.45, 2.75) is 39.2 Å². The third-order valence-electron chi connectivity index (χ3n) is 4.41. The predicted molar refractivity (Wildman–Crippen MR) is 117 cm³/mol. The highest BCUT2D eigenvalue weighted by molar-refractivity contribution is 14.0. The van der Waals surface area contributed by atoms with E-state index in [2.05, 4.69) is 45.1 Å². The van der Waals surface area contributed by atoms with Crippen LogP contribution in [0.4, 0.5) is 5.82 Å². The Hall–Kier alpha value is -1.09. The fraction of sp³-hybridized carbons (Fsp3) is 0.667. The summed E-state index contributed by atoms with van der Waals surface area (Å²) in [5.74, 6) is 1.58. The summed E-state index contributed by atoms with van der Waals surface area (Å²) in [5.41, 5.74) is 7.09. The molecule has 0 unspecified atom stereocenters. The van der Waals surface area contributed by atoms with E-state index >= 15 is 0 Å². The summed E-state index contributed by atoms with van der Waals surface area (Å²) in [7, 11) is 2.16. The summed E-state index contributed by atoms with van der Waals surface area (Å²) >= 11 is 0. The lowest BCUT2D eigenvalue weighted by molar-refractivity contribution is 0.312. The summed E-state index contributed by atoms with van der Waals surface area (Å²) < 4.78 is 0. The van der Waals surface area contributed by atoms with Crippen molar-refractivity contribution in [3.8, 4) is 0 Å². The number of nitrogens with two attached hydrogens (primary N) is 1. The number of nitrogens with one attached hydrogen (secondary N) is 1. The van der Waals surface area contributed by atoms with E-state index in [1.165, 1.54) is 19.3 Å². The first-order chi connectivity index (χ1) is 11.7. The van der Waals surface area contributed by atoms with Crippen molar-refractivity contribution in [2.24, 2.45) is 10.7 Å². The van der Waals surface area contributed by atoms with E-state index in [0.29, 0.717) is 12.5 Å². The number of hydrogen-bond acceptors (Lipinski definition) is 4. The number of guanidine groups is 1. The van der Waals surface area contributed by atoms with E-state index in [1.807, 2.05) is 12.3 Å². The maximum Gasteiger partial charge on any atom is 0.188 e. The highest BCUT2D eigenvalue weighted by Crippen LogP contribution is 2.15. The number of likely N-dealkylation sites (N-methyl/N-ethyl adjacent to an activating group) is 1. The average Bonchev–Trinajstić information content (AvgIpc) is 2.61. The molecule has 25 heavy (non-hydrogen) atoms. The smallest absolute Gasteiger partial charge is 0.188 e. The normalized spacial score (nSPS) is 15.8. The average molecular weight is 460 g/mol. The third kappa shape index (κ3) is 8.22. The van der Waals surface area contributed by atoms with E-state index < -0.39 is 0 Å². The Morgan fingerprint density at radius 1 is 1.24 bits per heavy atom. The zero-order chi connectivity index (χ0) is 17.2. The minimum atomic E-state index is 0. The van der Waals surface area contributed by atoms with E-state index in [-0.39, 0.29) is 24.0 Å². The molecule has 1 saturated heterocycles. The Labute approximate surface area is 169 Å². The van der Waals surface area contributed by atoms with Crippen LogP contribution in [0.3, 0.4) is 0 Å². The number of piperazine rings is 1. The molecule has 0 bridgehead atoms. The first-order valence-electron chi connectivity index (χ1n) is 9.11. The van der Waals surface area contributed by atoms with Gasteiger partial charge >= 0.3 is 0 Å². The fourth-order valence-electron chi connectivity index (χ4n) is 2.77. The van der Waals surface area contributed by atoms with Crippen molar-refractivity contribution in [3.63, 3.8) is 0 Å². The summed E-state index contributed by atoms with van der Waals surface area (Å²) in [6, 6.07) is 4.14. The van der Waals surface area contributed by atoms with Gasteiger partial charge in [0.2, 0.25) is 0 Å². The summed E-state index contributed by atoms with van der Waals surface area (Å²) in [6.45, 7) is 7.93. The number of unbranched alkanes of at least 4 members (excludes halogenated alkanes) is 3. The van der Waals surface area contributed by atoms with E-state index in [4.69, 9.17) is 5.73 Å². The molecule has 0 radical (unpaired) electrons. The second-order valence-electron chi connectivity index (χ2n) is 6.50. The van der Waals surface area contributed by atoms with Gasteiger partial charge in [-0.15, -0.1) is 24.0 Å². The molecule has 1 aliphatic heterocycles. The number of pyridine rings is 1. The van der Waals surface area contributed by atoms with Crippen molar-refractivity contribution in [3.05, 3.63) is 23.9 Å². The minimum absolute atomic E-state index is 0. The Morgan fingerprint density at radius 3 is 2.72 bits per heavy atom. The molecule has 3 N–H and O–H groups in total. The van der Waals surface area contributed by atoms with Gasteiger partial charge in [0, 0.05) is 38.9 Å². The number of nitrogens with zero attached hydrogens (tertiary/aromatic N) is 4. The topological polar surface area (TPSA) is 69.8 Å². The first-order valence-corrected chi connectivity index (χ1v) is 9.11. The van der Waals surface area contributed by atoms with Gasteiger partial charge in [0.15, 0.2) is 5.96 Å². The molecule has 0 spiro atoms. The number of aliphatic imine (C=N–C) groups is 1. The monoisotopic (exact) mass is 460 g/mol. The lowest BCUT2D eigenvalue weighted by Crippen LogP contribution is -2.44. The molecular weight excluding hydrogens is 427 g/mol. The van der Waals surface area contributed by atoms with Crippen LogP contribution in [0.15, 0.2) is 23.3 Å². The standard InChI is InChI=1S/C18H32N6.HI/c1-3-4-5-6-8-21-18(19)22-15-16-7-9-20-17(14-16)24-12-10-23(2)11-13-24;/h7,9,14H,3-6,8,10-13,15H2,1-2H3,(H3,19,21,22);1H. The van der Waals surface area contributed by atoms with E-state index in [1.54, 1.807) is 0 Å². The Kier molecular flexibility index (Phi) is 10.8. The maximum absolute atomic E-state index is 5.94. The van der Waals surface area contributed by atoms with E-state index in [0.717, 1.165) is 50.5 Å². The van der Waals surface area contributed by atoms with Gasteiger partial charge < -0.3 is 20.9 Å². The highest BCUT2D eigenvalue weighted by Gasteiger charge is 2.15. The van der Waals surface area contributed by atoms with Gasteiger partial charge in [-0.3, -0.25) is 0 Å². The van der Waals surface area contributed by atoms with Crippen LogP contribution in [0.1, 0.15) is 38.2 Å². The SMILES string of the molecule is CCCCCCNC(N)=NCc1ccnc(N2CCN(C)CC2)c1.I. The number of rotatable bonds is 8. The molecular formula is C18H33IN6. The molecule has 1 aromatic heterocycles. The third-order valence-corrected chi connectivity index (χ3v) is 4.41. The Bertz CT molecular complexity index is 514. The molecule has 2 heterocycles. The second kappa shape index (κ2) is 12.3. The lowest BCUT2D eigenvalue weighted by Gasteiger charge is -2.33. The van der Waals surface area contributed by atoms with Gasteiger partial charge in [-0.25, -0.2) is 9.98 Å². The summed E-state index contributed by atoms with van der Waals surface area (Å²) in [5, 5.41) is 3.19.